The fourth-order valence-corrected chi connectivity index (χ4v) is 8.59. The summed E-state index contributed by atoms with van der Waals surface area (Å²) in [5, 5.41) is 13.1. The van der Waals surface area contributed by atoms with Gasteiger partial charge in [0.05, 0.1) is 36.9 Å². The van der Waals surface area contributed by atoms with Gasteiger partial charge in [0.1, 0.15) is 17.3 Å². The molecule has 0 spiro atoms. The lowest BCUT2D eigenvalue weighted by molar-refractivity contribution is -0.127. The molecule has 216 valence electrons. The van der Waals surface area contributed by atoms with Gasteiger partial charge in [0.15, 0.2) is 19.5 Å². The molecular weight excluding hydrogens is 540 g/mol. The van der Waals surface area contributed by atoms with Gasteiger partial charge in [-0.15, -0.1) is 11.8 Å². The van der Waals surface area contributed by atoms with E-state index in [4.69, 9.17) is 23.4 Å². The molecule has 5 atom stereocenters. The van der Waals surface area contributed by atoms with Gasteiger partial charge in [-0.25, -0.2) is 0 Å². The topological polar surface area (TPSA) is 66.4 Å². The molecule has 1 N–H and O–H groups in total. The van der Waals surface area contributed by atoms with E-state index in [1.807, 2.05) is 54.6 Å². The van der Waals surface area contributed by atoms with Gasteiger partial charge in [0, 0.05) is 17.7 Å². The molecule has 0 aromatic heterocycles. The van der Waals surface area contributed by atoms with Crippen molar-refractivity contribution in [2.75, 3.05) is 13.7 Å². The molecule has 3 aliphatic heterocycles. The first kappa shape index (κ1) is 29.3. The van der Waals surface area contributed by atoms with Crippen molar-refractivity contribution in [3.05, 3.63) is 78.8 Å². The van der Waals surface area contributed by atoms with Crippen molar-refractivity contribution < 1.29 is 28.5 Å². The van der Waals surface area contributed by atoms with Gasteiger partial charge in [-0.3, -0.25) is 0 Å². The fourth-order valence-electron chi connectivity index (χ4n) is 5.79. The molecule has 5 rings (SSSR count). The highest BCUT2D eigenvalue weighted by molar-refractivity contribution is 8.00. The molecule has 2 bridgehead atoms. The van der Waals surface area contributed by atoms with Crippen molar-refractivity contribution in [1.29, 1.82) is 0 Å². The summed E-state index contributed by atoms with van der Waals surface area (Å²) < 4.78 is 30.8. The predicted octanol–water partition coefficient (Wildman–Crippen LogP) is 7.11. The first-order valence-corrected chi connectivity index (χ1v) is 17.7. The molecule has 0 aliphatic carbocycles. The zero-order chi connectivity index (χ0) is 28.8. The van der Waals surface area contributed by atoms with E-state index in [2.05, 4.69) is 52.9 Å². The number of aliphatic hydroxyl groups is 1. The van der Waals surface area contributed by atoms with Crippen LogP contribution in [0.2, 0.25) is 18.1 Å². The first-order valence-electron chi connectivity index (χ1n) is 14.0. The number of thioether (sulfide) groups is 1. The van der Waals surface area contributed by atoms with Crippen LogP contribution in [0, 0.1) is 0 Å². The van der Waals surface area contributed by atoms with Gasteiger partial charge in [-0.1, -0.05) is 39.0 Å². The highest BCUT2D eigenvalue weighted by Gasteiger charge is 2.80. The second-order valence-electron chi connectivity index (χ2n) is 12.5. The number of hydrogen-bond acceptors (Lipinski definition) is 7. The average molecular weight is 583 g/mol. The standard InChI is InChI=1S/C32H42O6SSi/c1-29(2,3)40(6,7)38-28-22-27-30(4,39-25-12-9-8-10-13-25)32(33,26-14-11-20-36-26)31(28,37-27)19-21-35-24-17-15-23(34-5)16-18-24/h8-10,12-19,21,27-28,33H,11,20,22H2,1-7H3/b21-19+/t27-,28-,30-,31+,32+/m0/s1. The first-order chi connectivity index (χ1) is 18.9. The van der Waals surface area contributed by atoms with Gasteiger partial charge in [-0.05, 0) is 73.6 Å². The van der Waals surface area contributed by atoms with Crippen LogP contribution in [-0.2, 0) is 13.9 Å². The molecule has 2 aromatic carbocycles. The van der Waals surface area contributed by atoms with Crippen molar-refractivity contribution in [1.82, 2.24) is 0 Å². The number of hydrogen-bond donors (Lipinski definition) is 1. The molecular formula is C32H42O6SSi. The molecule has 6 nitrogen and oxygen atoms in total. The lowest BCUT2D eigenvalue weighted by Crippen LogP contribution is -2.70. The highest BCUT2D eigenvalue weighted by Crippen LogP contribution is 2.66. The minimum atomic E-state index is -2.24. The SMILES string of the molecule is COc1ccc(O/C=C/[C@@]23O[C@@H](C[C@@H]2O[Si](C)(C)C(C)(C)C)[C@](C)(Sc2ccccc2)[C@]3(O)C2=CCCO2)cc1. The van der Waals surface area contributed by atoms with E-state index >= 15 is 0 Å². The van der Waals surface area contributed by atoms with Gasteiger partial charge >= 0.3 is 0 Å². The summed E-state index contributed by atoms with van der Waals surface area (Å²) in [5.74, 6) is 1.96. The average Bonchev–Trinajstić information content (AvgIpc) is 3.61. The lowest BCUT2D eigenvalue weighted by atomic mass is 9.65. The molecule has 0 amide bonds. The smallest absolute Gasteiger partial charge is 0.192 e. The Morgan fingerprint density at radius 2 is 1.73 bits per heavy atom. The molecule has 0 saturated carbocycles. The van der Waals surface area contributed by atoms with Crippen LogP contribution < -0.4 is 9.47 Å². The normalized spacial score (nSPS) is 31.9. The van der Waals surface area contributed by atoms with Crippen LogP contribution in [0.25, 0.3) is 0 Å². The summed E-state index contributed by atoms with van der Waals surface area (Å²) in [7, 11) is -0.602. The van der Waals surface area contributed by atoms with Crippen LogP contribution in [0.5, 0.6) is 11.5 Å². The maximum atomic E-state index is 13.1. The number of ether oxygens (including phenoxy) is 4. The third kappa shape index (κ3) is 4.71. The zero-order valence-electron chi connectivity index (χ0n) is 24.6. The number of methoxy groups -OCH3 is 1. The third-order valence-corrected chi connectivity index (χ3v) is 15.1. The summed E-state index contributed by atoms with van der Waals surface area (Å²) in [6.07, 6.45) is 6.24. The highest BCUT2D eigenvalue weighted by atomic mass is 32.2. The van der Waals surface area contributed by atoms with Crippen molar-refractivity contribution >= 4 is 20.1 Å². The summed E-state index contributed by atoms with van der Waals surface area (Å²) in [6, 6.07) is 17.6. The van der Waals surface area contributed by atoms with Crippen molar-refractivity contribution in [3.8, 4) is 11.5 Å². The Labute approximate surface area is 243 Å². The van der Waals surface area contributed by atoms with Gasteiger partial charge in [0.25, 0.3) is 0 Å². The zero-order valence-corrected chi connectivity index (χ0v) is 26.4. The minimum Gasteiger partial charge on any atom is -0.497 e. The van der Waals surface area contributed by atoms with Gasteiger partial charge < -0.3 is 28.5 Å². The second-order valence-corrected chi connectivity index (χ2v) is 18.8. The van der Waals surface area contributed by atoms with E-state index < -0.39 is 24.3 Å². The number of benzene rings is 2. The van der Waals surface area contributed by atoms with E-state index in [9.17, 15) is 5.11 Å². The van der Waals surface area contributed by atoms with E-state index in [1.54, 1.807) is 25.1 Å². The lowest BCUT2D eigenvalue weighted by Gasteiger charge is -2.53. The largest absolute Gasteiger partial charge is 0.497 e. The molecule has 3 heterocycles. The van der Waals surface area contributed by atoms with Crippen molar-refractivity contribution in [2.24, 2.45) is 0 Å². The molecule has 0 unspecified atom stereocenters. The monoisotopic (exact) mass is 582 g/mol. The van der Waals surface area contributed by atoms with Crippen molar-refractivity contribution in [3.63, 3.8) is 0 Å². The van der Waals surface area contributed by atoms with Crippen LogP contribution in [0.3, 0.4) is 0 Å². The maximum Gasteiger partial charge on any atom is 0.192 e. The van der Waals surface area contributed by atoms with E-state index in [0.29, 0.717) is 24.5 Å². The van der Waals surface area contributed by atoms with Crippen LogP contribution >= 0.6 is 11.8 Å². The summed E-state index contributed by atoms with van der Waals surface area (Å²) >= 11 is 1.64. The van der Waals surface area contributed by atoms with Gasteiger partial charge in [0.2, 0.25) is 0 Å². The van der Waals surface area contributed by atoms with Crippen LogP contribution in [-0.4, -0.2) is 55.3 Å². The maximum absolute atomic E-state index is 13.1. The Hall–Kier alpha value is -2.23. The Balaban J connectivity index is 1.59. The molecule has 2 fully saturated rings. The number of fused-ring (bicyclic) bond motifs is 2. The van der Waals surface area contributed by atoms with Crippen LogP contribution in [0.1, 0.15) is 40.5 Å². The third-order valence-electron chi connectivity index (χ3n) is 9.10. The molecule has 40 heavy (non-hydrogen) atoms. The summed E-state index contributed by atoms with van der Waals surface area (Å²) in [4.78, 5) is 1.06. The Morgan fingerprint density at radius 3 is 2.33 bits per heavy atom. The predicted molar refractivity (Wildman–Crippen MR) is 161 cm³/mol. The quantitative estimate of drug-likeness (QED) is 0.250. The van der Waals surface area contributed by atoms with E-state index in [-0.39, 0.29) is 17.2 Å². The molecule has 3 aliphatic rings. The second kappa shape index (κ2) is 10.6. The molecule has 2 aromatic rings. The molecule has 0 radical (unpaired) electrons. The van der Waals surface area contributed by atoms with Gasteiger partial charge in [-0.2, -0.15) is 0 Å². The molecule has 8 heteroatoms. The Bertz CT molecular complexity index is 1260. The Kier molecular flexibility index (Phi) is 7.72. The van der Waals surface area contributed by atoms with Crippen LogP contribution in [0.4, 0.5) is 0 Å². The molecule has 2 saturated heterocycles. The number of rotatable bonds is 9. The minimum absolute atomic E-state index is 0.0112. The Morgan fingerprint density at radius 1 is 1.05 bits per heavy atom. The van der Waals surface area contributed by atoms with Crippen LogP contribution in [0.15, 0.2) is 83.7 Å². The van der Waals surface area contributed by atoms with E-state index in [0.717, 1.165) is 17.1 Å². The summed E-state index contributed by atoms with van der Waals surface area (Å²) in [5.41, 5.74) is -2.72. The van der Waals surface area contributed by atoms with E-state index in [1.165, 1.54) is 0 Å². The summed E-state index contributed by atoms with van der Waals surface area (Å²) in [6.45, 7) is 13.8. The van der Waals surface area contributed by atoms with Crippen molar-refractivity contribution in [2.45, 2.75) is 91.7 Å². The fraction of sp³-hybridized carbons (Fsp3) is 0.500.